The van der Waals surface area contributed by atoms with E-state index in [0.29, 0.717) is 10.0 Å². The van der Waals surface area contributed by atoms with Crippen LogP contribution in [0.5, 0.6) is 0 Å². The highest BCUT2D eigenvalue weighted by atomic mass is 35.5. The molecular weight excluding hydrogens is 305 g/mol. The van der Waals surface area contributed by atoms with Crippen molar-refractivity contribution in [3.63, 3.8) is 0 Å². The summed E-state index contributed by atoms with van der Waals surface area (Å²) in [6, 6.07) is 13.9. The van der Waals surface area contributed by atoms with Crippen LogP contribution in [-0.4, -0.2) is 17.3 Å². The Labute approximate surface area is 134 Å². The van der Waals surface area contributed by atoms with Crippen molar-refractivity contribution in [2.45, 2.75) is 12.3 Å². The molecule has 1 N–H and O–H groups in total. The summed E-state index contributed by atoms with van der Waals surface area (Å²) in [5.41, 5.74) is 4.20. The molecule has 0 saturated carbocycles. The number of hydrogen-bond acceptors (Lipinski definition) is 2. The van der Waals surface area contributed by atoms with E-state index in [1.807, 2.05) is 36.4 Å². The van der Waals surface area contributed by atoms with Crippen LogP contribution in [0.25, 0.3) is 5.70 Å². The summed E-state index contributed by atoms with van der Waals surface area (Å²) < 4.78 is 0. The van der Waals surface area contributed by atoms with E-state index in [9.17, 15) is 5.21 Å². The molecule has 0 aromatic heterocycles. The summed E-state index contributed by atoms with van der Waals surface area (Å²) >= 11 is 12.1. The minimum Gasteiger partial charge on any atom is -0.289 e. The lowest BCUT2D eigenvalue weighted by Gasteiger charge is -2.28. The maximum absolute atomic E-state index is 9.79. The van der Waals surface area contributed by atoms with Gasteiger partial charge < -0.3 is 0 Å². The van der Waals surface area contributed by atoms with Gasteiger partial charge in [-0.15, -0.1) is 0 Å². The second-order valence-electron chi connectivity index (χ2n) is 5.16. The SMILES string of the molecule is CN(O)C1=CC[C@@H](c2ccc(Cl)c(Cl)c2)c2ccccc21. The first-order valence-electron chi connectivity index (χ1n) is 6.75. The van der Waals surface area contributed by atoms with E-state index in [1.165, 1.54) is 10.6 Å². The molecule has 0 saturated heterocycles. The van der Waals surface area contributed by atoms with Crippen LogP contribution in [0.2, 0.25) is 10.0 Å². The van der Waals surface area contributed by atoms with Crippen molar-refractivity contribution in [3.05, 3.63) is 75.3 Å². The van der Waals surface area contributed by atoms with Gasteiger partial charge >= 0.3 is 0 Å². The van der Waals surface area contributed by atoms with Crippen LogP contribution in [0.1, 0.15) is 29.0 Å². The zero-order chi connectivity index (χ0) is 15.0. The van der Waals surface area contributed by atoms with Crippen molar-refractivity contribution >= 4 is 28.9 Å². The van der Waals surface area contributed by atoms with Crippen molar-refractivity contribution < 1.29 is 5.21 Å². The molecular formula is C17H15Cl2NO. The normalized spacial score (nSPS) is 17.1. The lowest BCUT2D eigenvalue weighted by Crippen LogP contribution is -2.17. The molecule has 1 aliphatic carbocycles. The molecule has 2 aromatic rings. The molecule has 1 aliphatic rings. The van der Waals surface area contributed by atoms with Crippen LogP contribution in [0.15, 0.2) is 48.5 Å². The molecule has 0 heterocycles. The molecule has 1 atom stereocenters. The predicted molar refractivity (Wildman–Crippen MR) is 86.9 cm³/mol. The quantitative estimate of drug-likeness (QED) is 0.770. The molecule has 4 heteroatoms. The number of benzene rings is 2. The summed E-state index contributed by atoms with van der Waals surface area (Å²) in [6.07, 6.45) is 2.87. The maximum atomic E-state index is 9.79. The predicted octanol–water partition coefficient (Wildman–Crippen LogP) is 5.19. The van der Waals surface area contributed by atoms with Gasteiger partial charge in [0.1, 0.15) is 0 Å². The fraction of sp³-hybridized carbons (Fsp3) is 0.176. The molecule has 0 spiro atoms. The molecule has 0 fully saturated rings. The van der Waals surface area contributed by atoms with Gasteiger partial charge in [0.25, 0.3) is 0 Å². The minimum absolute atomic E-state index is 0.222. The lowest BCUT2D eigenvalue weighted by molar-refractivity contribution is 0.000166. The first kappa shape index (κ1) is 14.5. The third-order valence-corrected chi connectivity index (χ3v) is 4.59. The molecule has 0 unspecified atom stereocenters. The Balaban J connectivity index is 2.08. The summed E-state index contributed by atoms with van der Waals surface area (Å²) in [6.45, 7) is 0. The zero-order valence-corrected chi connectivity index (χ0v) is 13.1. The number of fused-ring (bicyclic) bond motifs is 1. The van der Waals surface area contributed by atoms with E-state index < -0.39 is 0 Å². The number of rotatable bonds is 2. The van der Waals surface area contributed by atoms with E-state index in [0.717, 1.165) is 23.2 Å². The highest BCUT2D eigenvalue weighted by molar-refractivity contribution is 6.42. The Morgan fingerprint density at radius 2 is 1.86 bits per heavy atom. The smallest absolute Gasteiger partial charge is 0.0666 e. The Morgan fingerprint density at radius 1 is 1.10 bits per heavy atom. The van der Waals surface area contributed by atoms with E-state index in [-0.39, 0.29) is 5.92 Å². The Kier molecular flexibility index (Phi) is 3.94. The highest BCUT2D eigenvalue weighted by Crippen LogP contribution is 2.40. The average molecular weight is 320 g/mol. The monoisotopic (exact) mass is 319 g/mol. The second-order valence-corrected chi connectivity index (χ2v) is 5.98. The number of nitrogens with zero attached hydrogens (tertiary/aromatic N) is 1. The summed E-state index contributed by atoms with van der Waals surface area (Å²) in [4.78, 5) is 0. The van der Waals surface area contributed by atoms with E-state index >= 15 is 0 Å². The zero-order valence-electron chi connectivity index (χ0n) is 11.6. The van der Waals surface area contributed by atoms with Crippen LogP contribution in [0.3, 0.4) is 0 Å². The summed E-state index contributed by atoms with van der Waals surface area (Å²) in [7, 11) is 1.64. The Hall–Kier alpha value is -1.48. The van der Waals surface area contributed by atoms with Crippen molar-refractivity contribution in [2.75, 3.05) is 7.05 Å². The maximum Gasteiger partial charge on any atom is 0.0666 e. The molecule has 21 heavy (non-hydrogen) atoms. The molecule has 0 aliphatic heterocycles. The third kappa shape index (κ3) is 2.67. The van der Waals surface area contributed by atoms with E-state index in [4.69, 9.17) is 23.2 Å². The highest BCUT2D eigenvalue weighted by Gasteiger charge is 2.24. The van der Waals surface area contributed by atoms with Crippen molar-refractivity contribution in [2.24, 2.45) is 0 Å². The minimum atomic E-state index is 0.222. The molecule has 0 amide bonds. The molecule has 2 nitrogen and oxygen atoms in total. The lowest BCUT2D eigenvalue weighted by atomic mass is 9.81. The van der Waals surface area contributed by atoms with Crippen LogP contribution in [0.4, 0.5) is 0 Å². The van der Waals surface area contributed by atoms with Gasteiger partial charge in [0, 0.05) is 18.5 Å². The van der Waals surface area contributed by atoms with Crippen LogP contribution in [0, 0.1) is 0 Å². The number of hydroxylamine groups is 2. The van der Waals surface area contributed by atoms with Gasteiger partial charge in [-0.1, -0.05) is 59.6 Å². The first-order chi connectivity index (χ1) is 10.1. The third-order valence-electron chi connectivity index (χ3n) is 3.85. The number of halogens is 2. The first-order valence-corrected chi connectivity index (χ1v) is 7.50. The molecule has 108 valence electrons. The van der Waals surface area contributed by atoms with Gasteiger partial charge in [0.15, 0.2) is 0 Å². The molecule has 2 aromatic carbocycles. The summed E-state index contributed by atoms with van der Waals surface area (Å²) in [5, 5.41) is 12.1. The average Bonchev–Trinajstić information content (AvgIpc) is 2.49. The fourth-order valence-corrected chi connectivity index (χ4v) is 3.16. The van der Waals surface area contributed by atoms with E-state index in [2.05, 4.69) is 12.1 Å². The van der Waals surface area contributed by atoms with Gasteiger partial charge in [0.2, 0.25) is 0 Å². The van der Waals surface area contributed by atoms with Crippen molar-refractivity contribution in [1.82, 2.24) is 5.06 Å². The standard InChI is InChI=1S/C17H15Cl2NO/c1-20(21)17-9-7-12(13-4-2-3-5-14(13)17)11-6-8-15(18)16(19)10-11/h2-6,8-10,12,21H,7H2,1H3/t12-/m0/s1. The van der Waals surface area contributed by atoms with Gasteiger partial charge in [-0.25, -0.2) is 0 Å². The van der Waals surface area contributed by atoms with Gasteiger partial charge in [-0.05, 0) is 29.7 Å². The largest absolute Gasteiger partial charge is 0.289 e. The van der Waals surface area contributed by atoms with Crippen LogP contribution in [-0.2, 0) is 0 Å². The van der Waals surface area contributed by atoms with Gasteiger partial charge in [-0.2, -0.15) is 0 Å². The molecule has 0 bridgehead atoms. The topological polar surface area (TPSA) is 23.5 Å². The van der Waals surface area contributed by atoms with E-state index in [1.54, 1.807) is 7.05 Å². The van der Waals surface area contributed by atoms with Crippen molar-refractivity contribution in [1.29, 1.82) is 0 Å². The van der Waals surface area contributed by atoms with Gasteiger partial charge in [-0.3, -0.25) is 10.3 Å². The number of allylic oxidation sites excluding steroid dienone is 1. The number of hydrogen-bond donors (Lipinski definition) is 1. The van der Waals surface area contributed by atoms with Crippen molar-refractivity contribution in [3.8, 4) is 0 Å². The Bertz CT molecular complexity index is 710. The second kappa shape index (κ2) is 5.72. The fourth-order valence-electron chi connectivity index (χ4n) is 2.85. The Morgan fingerprint density at radius 3 is 2.57 bits per heavy atom. The van der Waals surface area contributed by atoms with Gasteiger partial charge in [0.05, 0.1) is 15.7 Å². The molecule has 3 rings (SSSR count). The van der Waals surface area contributed by atoms with Crippen LogP contribution >= 0.6 is 23.2 Å². The van der Waals surface area contributed by atoms with Crippen LogP contribution < -0.4 is 0 Å². The molecule has 0 radical (unpaired) electrons. The summed E-state index contributed by atoms with van der Waals surface area (Å²) in [5.74, 6) is 0.222.